The maximum absolute atomic E-state index is 13.7. The first-order chi connectivity index (χ1) is 15.2. The van der Waals surface area contributed by atoms with Gasteiger partial charge in [0.1, 0.15) is 12.6 Å². The summed E-state index contributed by atoms with van der Waals surface area (Å²) in [5, 5.41) is 16.2. The third kappa shape index (κ3) is 5.55. The highest BCUT2D eigenvalue weighted by atomic mass is 32.2. The molecule has 174 valence electrons. The van der Waals surface area contributed by atoms with E-state index in [1.807, 2.05) is 25.1 Å². The van der Waals surface area contributed by atoms with Gasteiger partial charge in [-0.05, 0) is 36.6 Å². The fraction of sp³-hybridized carbons (Fsp3) is 0.348. The molecule has 32 heavy (non-hydrogen) atoms. The fourth-order valence-corrected chi connectivity index (χ4v) is 4.70. The van der Waals surface area contributed by atoms with Gasteiger partial charge in [-0.25, -0.2) is 12.7 Å². The molecule has 0 bridgehead atoms. The van der Waals surface area contributed by atoms with Gasteiger partial charge < -0.3 is 20.3 Å². The number of hydrogen-bond donors (Lipinski definition) is 2. The Morgan fingerprint density at radius 3 is 2.44 bits per heavy atom. The molecule has 0 atom stereocenters. The lowest BCUT2D eigenvalue weighted by Gasteiger charge is -2.25. The van der Waals surface area contributed by atoms with Crippen molar-refractivity contribution in [3.05, 3.63) is 64.9 Å². The number of nitrogens with zero attached hydrogens (tertiary/aromatic N) is 1. The van der Waals surface area contributed by atoms with Crippen LogP contribution >= 0.6 is 0 Å². The molecule has 0 spiro atoms. The molecule has 0 heterocycles. The Balaban J connectivity index is 2.70. The van der Waals surface area contributed by atoms with E-state index in [2.05, 4.69) is 0 Å². The average Bonchev–Trinajstić information content (AvgIpc) is 2.79. The molecule has 0 unspecified atom stereocenters. The first-order valence-corrected chi connectivity index (χ1v) is 11.6. The van der Waals surface area contributed by atoms with Crippen molar-refractivity contribution < 1.29 is 23.0 Å². The van der Waals surface area contributed by atoms with Gasteiger partial charge in [-0.1, -0.05) is 36.4 Å². The summed E-state index contributed by atoms with van der Waals surface area (Å²) >= 11 is 0. The number of nitrogens with two attached hydrogens (primary N) is 1. The molecule has 0 aliphatic carbocycles. The molecule has 2 aromatic rings. The van der Waals surface area contributed by atoms with Crippen LogP contribution in [0.5, 0.6) is 0 Å². The van der Waals surface area contributed by atoms with Gasteiger partial charge in [0.25, 0.3) is 10.0 Å². The van der Waals surface area contributed by atoms with Gasteiger partial charge in [-0.3, -0.25) is 5.41 Å². The monoisotopic (exact) mass is 462 g/mol. The Morgan fingerprint density at radius 2 is 1.84 bits per heavy atom. The van der Waals surface area contributed by atoms with Crippen molar-refractivity contribution in [2.24, 2.45) is 5.73 Å². The third-order valence-corrected chi connectivity index (χ3v) is 6.81. The van der Waals surface area contributed by atoms with Crippen LogP contribution in [0.1, 0.15) is 31.9 Å². The van der Waals surface area contributed by atoms with Gasteiger partial charge in [0.2, 0.25) is 5.76 Å². The number of hydrogen-bond acceptors (Lipinski definition) is 6. The van der Waals surface area contributed by atoms with Crippen LogP contribution in [0.2, 0.25) is 0 Å². The number of methoxy groups -OCH3 is 1. The lowest BCUT2D eigenvalue weighted by Crippen LogP contribution is -2.39. The predicted molar refractivity (Wildman–Crippen MR) is 126 cm³/mol. The zero-order valence-electron chi connectivity index (χ0n) is 18.9. The first kappa shape index (κ1) is 25.5. The number of sulfonamides is 1. The molecule has 0 aliphatic rings. The van der Waals surface area contributed by atoms with Crippen LogP contribution in [0, 0.1) is 5.41 Å². The normalized spacial score (nSPS) is 12.4. The van der Waals surface area contributed by atoms with Crippen molar-refractivity contribution in [2.75, 3.05) is 20.4 Å². The molecule has 0 saturated carbocycles. The van der Waals surface area contributed by atoms with E-state index in [9.17, 15) is 8.42 Å². The number of amidine groups is 1. The average molecular weight is 463 g/mol. The topological polar surface area (TPSA) is 129 Å². The minimum Gasteiger partial charge on any atom is -0.596 e. The van der Waals surface area contributed by atoms with E-state index in [4.69, 9.17) is 25.7 Å². The molecule has 2 aromatic carbocycles. The second-order valence-corrected chi connectivity index (χ2v) is 9.03. The number of ether oxygens (including phenoxy) is 2. The van der Waals surface area contributed by atoms with Crippen LogP contribution in [-0.2, 0) is 32.6 Å². The highest BCUT2D eigenvalue weighted by Gasteiger charge is 2.31. The Kier molecular flexibility index (Phi) is 8.97. The van der Waals surface area contributed by atoms with Gasteiger partial charge >= 0.3 is 0 Å². The van der Waals surface area contributed by atoms with Gasteiger partial charge in [0, 0.05) is 32.7 Å². The van der Waals surface area contributed by atoms with Crippen molar-refractivity contribution in [3.8, 4) is 11.1 Å². The summed E-state index contributed by atoms with van der Waals surface area (Å²) in [5.74, 6) is -0.196. The predicted octanol–water partition coefficient (Wildman–Crippen LogP) is 2.94. The van der Waals surface area contributed by atoms with Crippen LogP contribution < -0.4 is 5.73 Å². The molecule has 2 rings (SSSR count). The second-order valence-electron chi connectivity index (χ2n) is 7.20. The Morgan fingerprint density at radius 1 is 1.16 bits per heavy atom. The van der Waals surface area contributed by atoms with Gasteiger partial charge in [-0.15, -0.1) is 0 Å². The number of allylic oxidation sites excluding steroid dienone is 1. The highest BCUT2D eigenvalue weighted by Crippen LogP contribution is 2.33. The van der Waals surface area contributed by atoms with Gasteiger partial charge in [0.15, 0.2) is 0 Å². The van der Waals surface area contributed by atoms with Gasteiger partial charge in [0.05, 0.1) is 17.1 Å². The van der Waals surface area contributed by atoms with E-state index in [1.165, 1.54) is 20.1 Å². The SMILES string of the molecule is CCOCc1cc(CN)ccc1-c1ccccc1S(=O)(=O)N(COC)C(=N)/C(C)=C(/C)[OH2+]. The summed E-state index contributed by atoms with van der Waals surface area (Å²) in [6.45, 7) is 5.78. The van der Waals surface area contributed by atoms with E-state index in [0.717, 1.165) is 15.4 Å². The lowest BCUT2D eigenvalue weighted by molar-refractivity contribution is 0.134. The van der Waals surface area contributed by atoms with Crippen molar-refractivity contribution in [3.63, 3.8) is 0 Å². The fourth-order valence-electron chi connectivity index (χ4n) is 3.14. The van der Waals surface area contributed by atoms with E-state index in [-0.39, 0.29) is 28.8 Å². The summed E-state index contributed by atoms with van der Waals surface area (Å²) in [6, 6.07) is 12.3. The molecular formula is C23H32N3O5S+. The maximum atomic E-state index is 13.7. The Bertz CT molecular complexity index is 1090. The lowest BCUT2D eigenvalue weighted by atomic mass is 9.98. The zero-order valence-corrected chi connectivity index (χ0v) is 19.8. The standard InChI is InChI=1S/C23H31N3O5S/c1-5-31-14-19-12-18(13-24)10-11-20(19)21-8-6-7-9-22(21)32(28,29)26(15-30-4)23(25)16(2)17(3)27/h6-12,25,27H,5,13-15,24H2,1-4H3/p+1/b17-16-,25-23?. The molecule has 0 aromatic heterocycles. The molecule has 9 heteroatoms. The Hall–Kier alpha value is -2.72. The van der Waals surface area contributed by atoms with E-state index < -0.39 is 10.0 Å². The van der Waals surface area contributed by atoms with Crippen molar-refractivity contribution in [1.29, 1.82) is 5.41 Å². The first-order valence-electron chi connectivity index (χ1n) is 10.2. The summed E-state index contributed by atoms with van der Waals surface area (Å²) in [6.07, 6.45) is 0. The molecule has 0 fully saturated rings. The smallest absolute Gasteiger partial charge is 0.268 e. The van der Waals surface area contributed by atoms with Crippen LogP contribution in [0.25, 0.3) is 11.1 Å². The summed E-state index contributed by atoms with van der Waals surface area (Å²) < 4.78 is 39.0. The minimum absolute atomic E-state index is 0.0375. The quantitative estimate of drug-likeness (QED) is 0.184. The van der Waals surface area contributed by atoms with Crippen molar-refractivity contribution in [1.82, 2.24) is 4.31 Å². The summed E-state index contributed by atoms with van der Waals surface area (Å²) in [5.41, 5.74) is 8.98. The van der Waals surface area contributed by atoms with E-state index in [0.29, 0.717) is 30.9 Å². The highest BCUT2D eigenvalue weighted by molar-refractivity contribution is 7.89. The van der Waals surface area contributed by atoms with Crippen LogP contribution in [-0.4, -0.2) is 44.1 Å². The Labute approximate surface area is 189 Å². The molecule has 0 amide bonds. The number of nitrogens with one attached hydrogen (secondary N) is 1. The summed E-state index contributed by atoms with van der Waals surface area (Å²) in [7, 11) is -2.81. The van der Waals surface area contributed by atoms with Crippen LogP contribution in [0.3, 0.4) is 0 Å². The molecule has 5 N–H and O–H groups in total. The summed E-state index contributed by atoms with van der Waals surface area (Å²) in [4.78, 5) is 0.0375. The zero-order chi connectivity index (χ0) is 23.9. The van der Waals surface area contributed by atoms with E-state index in [1.54, 1.807) is 25.1 Å². The molecule has 0 aliphatic heterocycles. The van der Waals surface area contributed by atoms with Gasteiger partial charge in [-0.2, -0.15) is 0 Å². The number of rotatable bonds is 10. The van der Waals surface area contributed by atoms with Crippen molar-refractivity contribution >= 4 is 15.9 Å². The van der Waals surface area contributed by atoms with E-state index >= 15 is 0 Å². The second kappa shape index (κ2) is 11.2. The largest absolute Gasteiger partial charge is 0.596 e. The van der Waals surface area contributed by atoms with Crippen LogP contribution in [0.15, 0.2) is 58.7 Å². The molecule has 0 saturated heterocycles. The minimum atomic E-state index is -4.17. The molecule has 0 radical (unpaired) electrons. The number of benzene rings is 2. The molecule has 8 nitrogen and oxygen atoms in total. The third-order valence-electron chi connectivity index (χ3n) is 5.03. The maximum Gasteiger partial charge on any atom is 0.268 e. The van der Waals surface area contributed by atoms with Crippen molar-refractivity contribution in [2.45, 2.75) is 38.8 Å². The van der Waals surface area contributed by atoms with Crippen LogP contribution in [0.4, 0.5) is 0 Å². The molecular weight excluding hydrogens is 430 g/mol.